The molecule has 2 rings (SSSR count). The first-order valence-corrected chi connectivity index (χ1v) is 8.37. The van der Waals surface area contributed by atoms with Gasteiger partial charge in [-0.2, -0.15) is 0 Å². The van der Waals surface area contributed by atoms with Gasteiger partial charge in [-0.1, -0.05) is 6.92 Å². The zero-order valence-corrected chi connectivity index (χ0v) is 15.2. The lowest BCUT2D eigenvalue weighted by Crippen LogP contribution is -2.31. The molecule has 0 aliphatic carbocycles. The second-order valence-electron chi connectivity index (χ2n) is 6.07. The largest absolute Gasteiger partial charge is 0.350 e. The lowest BCUT2D eigenvalue weighted by Gasteiger charge is -2.11. The van der Waals surface area contributed by atoms with Gasteiger partial charge in [0.05, 0.1) is 21.5 Å². The van der Waals surface area contributed by atoms with Crippen molar-refractivity contribution in [1.29, 1.82) is 0 Å². The molecule has 2 amide bonds. The summed E-state index contributed by atoms with van der Waals surface area (Å²) in [6.45, 7) is 3.83. The van der Waals surface area contributed by atoms with Gasteiger partial charge >= 0.3 is 0 Å². The number of anilines is 1. The average molecular weight is 386 g/mol. The fraction of sp³-hybridized carbons (Fsp3) is 0.222. The molecule has 0 saturated carbocycles. The Balaban J connectivity index is 2.18. The molecule has 0 saturated heterocycles. The SMILES string of the molecule is CCC(C)NC(=O)c1ccc(NC(=O)c2cc([N+](=O)[O-])cc([N+](=O)[O-])c2)cc1. The minimum atomic E-state index is -0.811. The highest BCUT2D eigenvalue weighted by molar-refractivity contribution is 6.05. The zero-order chi connectivity index (χ0) is 20.8. The number of non-ortho nitro benzene ring substituents is 2. The summed E-state index contributed by atoms with van der Waals surface area (Å²) in [5.41, 5.74) is -0.601. The molecule has 2 aromatic rings. The first-order valence-electron chi connectivity index (χ1n) is 8.37. The summed E-state index contributed by atoms with van der Waals surface area (Å²) < 4.78 is 0. The van der Waals surface area contributed by atoms with Gasteiger partial charge in [0.15, 0.2) is 0 Å². The van der Waals surface area contributed by atoms with E-state index in [-0.39, 0.29) is 17.5 Å². The molecule has 0 radical (unpaired) electrons. The Hall–Kier alpha value is -3.82. The van der Waals surface area contributed by atoms with Crippen molar-refractivity contribution in [2.75, 3.05) is 5.32 Å². The van der Waals surface area contributed by atoms with E-state index < -0.39 is 27.1 Å². The third-order valence-corrected chi connectivity index (χ3v) is 3.98. The number of carbonyl (C=O) groups excluding carboxylic acids is 2. The van der Waals surface area contributed by atoms with Crippen LogP contribution in [0.15, 0.2) is 42.5 Å². The smallest absolute Gasteiger partial charge is 0.277 e. The van der Waals surface area contributed by atoms with Crippen molar-refractivity contribution < 1.29 is 19.4 Å². The van der Waals surface area contributed by atoms with Crippen LogP contribution in [0.3, 0.4) is 0 Å². The Kier molecular flexibility index (Phi) is 6.38. The van der Waals surface area contributed by atoms with E-state index in [0.29, 0.717) is 11.3 Å². The molecular formula is C18H18N4O6. The molecule has 0 aromatic heterocycles. The third kappa shape index (κ3) is 5.10. The fourth-order valence-electron chi connectivity index (χ4n) is 2.25. The van der Waals surface area contributed by atoms with Gasteiger partial charge in [-0.25, -0.2) is 0 Å². The van der Waals surface area contributed by atoms with Crippen LogP contribution in [0.4, 0.5) is 17.1 Å². The van der Waals surface area contributed by atoms with E-state index in [2.05, 4.69) is 10.6 Å². The van der Waals surface area contributed by atoms with Crippen LogP contribution in [0.25, 0.3) is 0 Å². The summed E-state index contributed by atoms with van der Waals surface area (Å²) in [4.78, 5) is 44.6. The highest BCUT2D eigenvalue weighted by Crippen LogP contribution is 2.23. The summed E-state index contributed by atoms with van der Waals surface area (Å²) in [7, 11) is 0. The van der Waals surface area contributed by atoms with Gasteiger partial charge in [-0.3, -0.25) is 29.8 Å². The van der Waals surface area contributed by atoms with Crippen molar-refractivity contribution in [3.8, 4) is 0 Å². The zero-order valence-electron chi connectivity index (χ0n) is 15.2. The molecule has 2 aromatic carbocycles. The number of benzene rings is 2. The summed E-state index contributed by atoms with van der Waals surface area (Å²) in [5, 5.41) is 27.1. The number of nitrogens with one attached hydrogen (secondary N) is 2. The maximum Gasteiger partial charge on any atom is 0.277 e. The summed E-state index contributed by atoms with van der Waals surface area (Å²) in [6, 6.07) is 8.74. The summed E-state index contributed by atoms with van der Waals surface area (Å²) in [5.74, 6) is -0.995. The van der Waals surface area contributed by atoms with Crippen LogP contribution in [-0.2, 0) is 0 Å². The van der Waals surface area contributed by atoms with E-state index in [0.717, 1.165) is 24.6 Å². The fourth-order valence-corrected chi connectivity index (χ4v) is 2.25. The van der Waals surface area contributed by atoms with E-state index >= 15 is 0 Å². The van der Waals surface area contributed by atoms with Crippen molar-refractivity contribution in [3.63, 3.8) is 0 Å². The number of rotatable bonds is 7. The number of carbonyl (C=O) groups is 2. The van der Waals surface area contributed by atoms with Crippen LogP contribution in [0.2, 0.25) is 0 Å². The van der Waals surface area contributed by atoms with Crippen LogP contribution in [0, 0.1) is 20.2 Å². The normalized spacial score (nSPS) is 11.4. The molecule has 28 heavy (non-hydrogen) atoms. The summed E-state index contributed by atoms with van der Waals surface area (Å²) >= 11 is 0. The quantitative estimate of drug-likeness (QED) is 0.552. The molecule has 10 nitrogen and oxygen atoms in total. The summed E-state index contributed by atoms with van der Waals surface area (Å²) in [6.07, 6.45) is 0.787. The maximum absolute atomic E-state index is 12.3. The van der Waals surface area contributed by atoms with Crippen molar-refractivity contribution >= 4 is 28.9 Å². The molecule has 0 bridgehead atoms. The molecule has 10 heteroatoms. The van der Waals surface area contributed by atoms with Crippen LogP contribution in [-0.4, -0.2) is 27.7 Å². The Bertz CT molecular complexity index is 894. The van der Waals surface area contributed by atoms with Crippen LogP contribution < -0.4 is 10.6 Å². The second kappa shape index (κ2) is 8.71. The lowest BCUT2D eigenvalue weighted by atomic mass is 10.1. The maximum atomic E-state index is 12.3. The molecule has 0 fully saturated rings. The van der Waals surface area contributed by atoms with E-state index in [9.17, 15) is 29.8 Å². The molecule has 1 atom stereocenters. The third-order valence-electron chi connectivity index (χ3n) is 3.98. The number of nitro benzene ring substituents is 2. The van der Waals surface area contributed by atoms with E-state index in [4.69, 9.17) is 0 Å². The van der Waals surface area contributed by atoms with E-state index in [1.807, 2.05) is 13.8 Å². The first-order chi connectivity index (χ1) is 13.2. The van der Waals surface area contributed by atoms with Crippen LogP contribution in [0.5, 0.6) is 0 Å². The highest BCUT2D eigenvalue weighted by atomic mass is 16.6. The van der Waals surface area contributed by atoms with E-state index in [1.54, 1.807) is 0 Å². The number of nitrogens with zero attached hydrogens (tertiary/aromatic N) is 2. The Morgan fingerprint density at radius 1 is 0.929 bits per heavy atom. The van der Waals surface area contributed by atoms with Gasteiger partial charge in [0.25, 0.3) is 23.2 Å². The Morgan fingerprint density at radius 3 is 1.93 bits per heavy atom. The Labute approximate surface area is 159 Å². The molecule has 146 valence electrons. The molecule has 2 N–H and O–H groups in total. The molecule has 1 unspecified atom stereocenters. The van der Waals surface area contributed by atoms with Gasteiger partial charge in [0, 0.05) is 29.4 Å². The highest BCUT2D eigenvalue weighted by Gasteiger charge is 2.20. The standard InChI is InChI=1S/C18H18N4O6/c1-3-11(2)19-17(23)12-4-6-14(7-5-12)20-18(24)13-8-15(21(25)26)10-16(9-13)22(27)28/h4-11H,3H2,1-2H3,(H,19,23)(H,20,24). The van der Waals surface area contributed by atoms with Gasteiger partial charge in [-0.05, 0) is 37.6 Å². The number of amides is 2. The first kappa shape index (κ1) is 20.5. The Morgan fingerprint density at radius 2 is 1.46 bits per heavy atom. The van der Waals surface area contributed by atoms with Crippen molar-refractivity contribution in [3.05, 3.63) is 73.8 Å². The van der Waals surface area contributed by atoms with Gasteiger partial charge in [-0.15, -0.1) is 0 Å². The van der Waals surface area contributed by atoms with Gasteiger partial charge in [0.1, 0.15) is 0 Å². The predicted octanol–water partition coefficient (Wildman–Crippen LogP) is 3.28. The van der Waals surface area contributed by atoms with E-state index in [1.165, 1.54) is 24.3 Å². The van der Waals surface area contributed by atoms with Gasteiger partial charge < -0.3 is 10.6 Å². The number of hydrogen-bond acceptors (Lipinski definition) is 6. The molecule has 0 aliphatic heterocycles. The molecule has 0 aliphatic rings. The monoisotopic (exact) mass is 386 g/mol. The van der Waals surface area contributed by atoms with Crippen molar-refractivity contribution in [2.24, 2.45) is 0 Å². The van der Waals surface area contributed by atoms with Crippen molar-refractivity contribution in [2.45, 2.75) is 26.3 Å². The number of hydrogen-bond donors (Lipinski definition) is 2. The van der Waals surface area contributed by atoms with Crippen molar-refractivity contribution in [1.82, 2.24) is 5.32 Å². The predicted molar refractivity (Wildman–Crippen MR) is 101 cm³/mol. The number of nitro groups is 2. The van der Waals surface area contributed by atoms with Gasteiger partial charge in [0.2, 0.25) is 0 Å². The average Bonchev–Trinajstić information content (AvgIpc) is 2.67. The minimum Gasteiger partial charge on any atom is -0.350 e. The molecule has 0 heterocycles. The second-order valence-corrected chi connectivity index (χ2v) is 6.07. The minimum absolute atomic E-state index is 0.0246. The molecule has 0 spiro atoms. The topological polar surface area (TPSA) is 144 Å². The molecular weight excluding hydrogens is 368 g/mol. The lowest BCUT2D eigenvalue weighted by molar-refractivity contribution is -0.394. The van der Waals surface area contributed by atoms with Crippen LogP contribution in [0.1, 0.15) is 41.0 Å². The van der Waals surface area contributed by atoms with Crippen LogP contribution >= 0.6 is 0 Å².